The van der Waals surface area contributed by atoms with Crippen molar-refractivity contribution in [3.8, 4) is 11.6 Å². The predicted molar refractivity (Wildman–Crippen MR) is 232 cm³/mol. The molecule has 3 aliphatic heterocycles. The quantitative estimate of drug-likeness (QED) is 0.246. The van der Waals surface area contributed by atoms with Crippen LogP contribution in [-0.4, -0.2) is 130 Å². The fourth-order valence-electron chi connectivity index (χ4n) is 10.5. The minimum atomic E-state index is -3.06. The highest BCUT2D eigenvalue weighted by Crippen LogP contribution is 2.53. The summed E-state index contributed by atoms with van der Waals surface area (Å²) < 4.78 is 45.3. The number of likely N-dealkylation sites (tertiary alicyclic amines) is 1. The first-order valence-corrected chi connectivity index (χ1v) is 23.7. The molecule has 3 aliphatic carbocycles. The van der Waals surface area contributed by atoms with Gasteiger partial charge in [-0.25, -0.2) is 14.0 Å². The first-order chi connectivity index (χ1) is 29.3. The molecule has 17 heteroatoms. The topological polar surface area (TPSA) is 187 Å². The Morgan fingerprint density at radius 3 is 2.45 bits per heavy atom. The lowest BCUT2D eigenvalue weighted by molar-refractivity contribution is -0.144. The number of carbonyl (C=O) groups excluding carboxylic acids is 4. The average Bonchev–Trinajstić information content (AvgIpc) is 3.57. The van der Waals surface area contributed by atoms with Gasteiger partial charge < -0.3 is 34.5 Å². The first kappa shape index (κ1) is 44.4. The maximum atomic E-state index is 15.0. The van der Waals surface area contributed by atoms with E-state index in [0.29, 0.717) is 56.1 Å². The van der Waals surface area contributed by atoms with Gasteiger partial charge in [-0.1, -0.05) is 34.1 Å². The predicted octanol–water partition coefficient (Wildman–Crippen LogP) is 4.00. The second-order valence-electron chi connectivity index (χ2n) is 20.0. The van der Waals surface area contributed by atoms with E-state index < -0.39 is 80.6 Å². The minimum Gasteiger partial charge on any atom is -0.497 e. The molecule has 0 bridgehead atoms. The summed E-state index contributed by atoms with van der Waals surface area (Å²) in [6.07, 6.45) is 4.16. The van der Waals surface area contributed by atoms with Crippen molar-refractivity contribution in [2.75, 3.05) is 46.5 Å². The molecule has 62 heavy (non-hydrogen) atoms. The standard InChI is InChI=1S/C45H64N6O10S/c1-9-26-21-33-30(26)12-13-32(38(52)49-62(56)35-23-45(35,7)61-62)36(33)47-39(53)34-22-29(59-40-31-11-10-28(57-8)20-27(31)14-15-46-40)24-51(34)41(54)37(43(2,3)4)48-42(55)60-44(5,6)25-50-16-18-58-19-17-50/h10-11,14-15,20,26,29-30,32-34,36-37H,9,12-13,16-19,21-25H2,1-8H3,(H,47,53)(H,48,55)(H,49,52,56)/t26?,29-,30?,32?,33?,34?,36?,37?,45?,62?/m1/s1. The number of nitrogens with zero attached hydrogens (tertiary/aromatic N) is 3. The van der Waals surface area contributed by atoms with Gasteiger partial charge in [-0.3, -0.25) is 28.2 Å². The lowest BCUT2D eigenvalue weighted by atomic mass is 9.53. The van der Waals surface area contributed by atoms with Gasteiger partial charge in [-0.2, -0.15) is 0 Å². The van der Waals surface area contributed by atoms with E-state index in [0.717, 1.165) is 48.0 Å². The van der Waals surface area contributed by atoms with Gasteiger partial charge in [0.25, 0.3) is 0 Å². The first-order valence-electron chi connectivity index (χ1n) is 22.2. The Kier molecular flexibility index (Phi) is 12.0. The number of carbonyl (C=O) groups is 4. The van der Waals surface area contributed by atoms with Gasteiger partial charge in [-0.15, -0.1) is 0 Å². The second-order valence-corrected chi connectivity index (χ2v) is 21.9. The van der Waals surface area contributed by atoms with E-state index in [9.17, 15) is 23.4 Å². The maximum absolute atomic E-state index is 15.0. The molecular weight excluding hydrogens is 817 g/mol. The van der Waals surface area contributed by atoms with Crippen LogP contribution in [0.15, 0.2) is 30.5 Å². The molecule has 1 aromatic heterocycles. The molecule has 9 unspecified atom stereocenters. The SMILES string of the molecule is CCC1CC2C1CCC(C(=O)NS1(=O)=C3CC3(C)O1)C2NC(=O)C1C[C@@H](Oc2nccc3cc(OC)ccc23)CN1C(=O)C(NC(=O)OC(C)(C)CN1CCOCC1)C(C)(C)C. The minimum absolute atomic E-state index is 0.0340. The van der Waals surface area contributed by atoms with E-state index in [1.165, 1.54) is 4.90 Å². The molecule has 5 fully saturated rings. The van der Waals surface area contributed by atoms with Gasteiger partial charge in [0.1, 0.15) is 35.1 Å². The van der Waals surface area contributed by atoms with Crippen molar-refractivity contribution in [1.29, 1.82) is 0 Å². The van der Waals surface area contributed by atoms with Crippen LogP contribution in [0.5, 0.6) is 11.6 Å². The summed E-state index contributed by atoms with van der Waals surface area (Å²) in [7, 11) is -1.46. The van der Waals surface area contributed by atoms with Gasteiger partial charge in [0.2, 0.25) is 23.6 Å². The van der Waals surface area contributed by atoms with Gasteiger partial charge in [0.05, 0.1) is 37.7 Å². The summed E-state index contributed by atoms with van der Waals surface area (Å²) in [5.41, 5.74) is -2.18. The number of fused-ring (bicyclic) bond motifs is 3. The molecular formula is C45H64N6O10S. The summed E-state index contributed by atoms with van der Waals surface area (Å²) in [4.78, 5) is 66.5. The Morgan fingerprint density at radius 2 is 1.79 bits per heavy atom. The zero-order valence-corrected chi connectivity index (χ0v) is 38.1. The number of hydrogen-bond donors (Lipinski definition) is 3. The average molecular weight is 881 g/mol. The van der Waals surface area contributed by atoms with E-state index >= 15 is 0 Å². The third-order valence-electron chi connectivity index (χ3n) is 13.9. The molecule has 2 saturated heterocycles. The number of pyridine rings is 1. The number of methoxy groups -OCH3 is 1. The number of morpholine rings is 1. The van der Waals surface area contributed by atoms with Crippen molar-refractivity contribution < 1.29 is 46.5 Å². The van der Waals surface area contributed by atoms with Crippen LogP contribution in [0.4, 0.5) is 4.79 Å². The van der Waals surface area contributed by atoms with Crippen molar-refractivity contribution in [3.63, 3.8) is 0 Å². The molecule has 16 nitrogen and oxygen atoms in total. The Bertz CT molecular complexity index is 2210. The highest BCUT2D eigenvalue weighted by atomic mass is 32.2. The normalized spacial score (nSPS) is 32.3. The molecule has 1 aromatic carbocycles. The van der Waals surface area contributed by atoms with E-state index in [2.05, 4.69) is 32.2 Å². The van der Waals surface area contributed by atoms with Crippen LogP contribution in [-0.2, 0) is 38.0 Å². The van der Waals surface area contributed by atoms with Crippen molar-refractivity contribution >= 4 is 49.4 Å². The molecule has 0 spiro atoms. The summed E-state index contributed by atoms with van der Waals surface area (Å²) >= 11 is 0. The number of ether oxygens (including phenoxy) is 4. The van der Waals surface area contributed by atoms with E-state index in [1.54, 1.807) is 13.3 Å². The maximum Gasteiger partial charge on any atom is 0.408 e. The second kappa shape index (κ2) is 16.7. The summed E-state index contributed by atoms with van der Waals surface area (Å²) in [6.45, 7) is 16.4. The molecule has 0 radical (unpaired) electrons. The fraction of sp³-hybridized carbons (Fsp3) is 0.689. The Hall–Kier alpha value is -4.19. The third-order valence-corrected chi connectivity index (χ3v) is 16.2. The van der Waals surface area contributed by atoms with E-state index in [-0.39, 0.29) is 18.9 Å². The van der Waals surface area contributed by atoms with Crippen LogP contribution in [0.2, 0.25) is 0 Å². The van der Waals surface area contributed by atoms with Crippen molar-refractivity contribution in [2.45, 2.75) is 122 Å². The number of amides is 4. The number of nitrogens with one attached hydrogen (secondary N) is 3. The fourth-order valence-corrected chi connectivity index (χ4v) is 12.8. The van der Waals surface area contributed by atoms with Crippen LogP contribution in [0.25, 0.3) is 10.8 Å². The van der Waals surface area contributed by atoms with Crippen LogP contribution in [0.3, 0.4) is 0 Å². The van der Waals surface area contributed by atoms with Crippen molar-refractivity contribution in [1.82, 2.24) is 30.1 Å². The molecule has 8 rings (SSSR count). The van der Waals surface area contributed by atoms with Gasteiger partial charge >= 0.3 is 6.09 Å². The molecule has 3 saturated carbocycles. The smallest absolute Gasteiger partial charge is 0.408 e. The Labute approximate surface area is 365 Å². The molecule has 2 aromatic rings. The lowest BCUT2D eigenvalue weighted by Crippen LogP contribution is -2.63. The molecule has 3 N–H and O–H groups in total. The monoisotopic (exact) mass is 880 g/mol. The summed E-state index contributed by atoms with van der Waals surface area (Å²) in [5.74, 6) is -0.0133. The highest BCUT2D eigenvalue weighted by molar-refractivity contribution is 7.99. The van der Waals surface area contributed by atoms with E-state index in [1.807, 2.05) is 65.8 Å². The lowest BCUT2D eigenvalue weighted by Gasteiger charge is -2.54. The van der Waals surface area contributed by atoms with E-state index in [4.69, 9.17) is 23.1 Å². The number of aromatic nitrogens is 1. The van der Waals surface area contributed by atoms with Crippen LogP contribution < -0.4 is 24.8 Å². The van der Waals surface area contributed by atoms with Gasteiger partial charge in [0, 0.05) is 50.1 Å². The van der Waals surface area contributed by atoms with Gasteiger partial charge in [-0.05, 0) is 92.9 Å². The third kappa shape index (κ3) is 8.83. The number of rotatable bonds is 13. The zero-order valence-electron chi connectivity index (χ0n) is 37.3. The van der Waals surface area contributed by atoms with Crippen LogP contribution in [0, 0.1) is 29.1 Å². The zero-order chi connectivity index (χ0) is 44.4. The Morgan fingerprint density at radius 1 is 1.03 bits per heavy atom. The summed E-state index contributed by atoms with van der Waals surface area (Å²) in [6, 6.07) is 4.79. The van der Waals surface area contributed by atoms with Crippen LogP contribution in [0.1, 0.15) is 87.0 Å². The number of benzene rings is 1. The van der Waals surface area contributed by atoms with Crippen LogP contribution >= 0.6 is 0 Å². The molecule has 10 atom stereocenters. The highest BCUT2D eigenvalue weighted by Gasteiger charge is 2.63. The molecule has 340 valence electrons. The van der Waals surface area contributed by atoms with Crippen molar-refractivity contribution in [2.24, 2.45) is 29.1 Å². The number of hydrogen-bond acceptors (Lipinski definition) is 12. The molecule has 4 heterocycles. The van der Waals surface area contributed by atoms with Crippen molar-refractivity contribution in [3.05, 3.63) is 30.5 Å². The largest absolute Gasteiger partial charge is 0.497 e. The van der Waals surface area contributed by atoms with Gasteiger partial charge in [0.15, 0.2) is 9.99 Å². The number of alkyl carbamates (subject to hydrolysis) is 1. The molecule has 4 amide bonds. The molecule has 6 aliphatic rings. The summed E-state index contributed by atoms with van der Waals surface area (Å²) in [5, 5.41) is 7.74. The Balaban J connectivity index is 1.05.